The molecule has 1 heterocycles. The zero-order chi connectivity index (χ0) is 11.5. The topological polar surface area (TPSA) is 29.3 Å². The van der Waals surface area contributed by atoms with Crippen LogP contribution in [0.5, 0.6) is 0 Å². The molecule has 4 atom stereocenters. The van der Waals surface area contributed by atoms with Crippen molar-refractivity contribution in [2.45, 2.75) is 76.9 Å². The number of hydrogen-bond donors (Lipinski definition) is 1. The van der Waals surface area contributed by atoms with Gasteiger partial charge in [-0.25, -0.2) is 0 Å². The van der Waals surface area contributed by atoms with E-state index in [1.807, 2.05) is 0 Å². The van der Waals surface area contributed by atoms with Crippen LogP contribution in [0.3, 0.4) is 0 Å². The smallest absolute Gasteiger partial charge is 0.00793 e. The maximum absolute atomic E-state index is 6.26. The molecule has 2 fully saturated rings. The van der Waals surface area contributed by atoms with Crippen LogP contribution in [0, 0.1) is 5.92 Å². The van der Waals surface area contributed by atoms with Gasteiger partial charge in [0.1, 0.15) is 0 Å². The molecule has 0 aromatic rings. The van der Waals surface area contributed by atoms with Gasteiger partial charge in [0.2, 0.25) is 0 Å². The van der Waals surface area contributed by atoms with Crippen molar-refractivity contribution in [3.63, 3.8) is 0 Å². The second-order valence-corrected chi connectivity index (χ2v) is 6.03. The van der Waals surface area contributed by atoms with Gasteiger partial charge in [-0.05, 0) is 45.4 Å². The number of nitrogens with two attached hydrogens (primary N) is 1. The first-order valence-electron chi connectivity index (χ1n) is 7.20. The Morgan fingerprint density at radius 2 is 1.56 bits per heavy atom. The molecular weight excluding hydrogens is 196 g/mol. The minimum absolute atomic E-state index is 0.468. The van der Waals surface area contributed by atoms with Gasteiger partial charge < -0.3 is 5.73 Å². The molecule has 0 amide bonds. The van der Waals surface area contributed by atoms with Crippen LogP contribution in [-0.2, 0) is 0 Å². The predicted octanol–water partition coefficient (Wildman–Crippen LogP) is 2.77. The Morgan fingerprint density at radius 3 is 2.19 bits per heavy atom. The minimum Gasteiger partial charge on any atom is -0.327 e. The molecule has 2 unspecified atom stereocenters. The maximum atomic E-state index is 6.26. The van der Waals surface area contributed by atoms with Crippen LogP contribution in [0.15, 0.2) is 0 Å². The zero-order valence-electron chi connectivity index (χ0n) is 11.0. The highest BCUT2D eigenvalue weighted by Crippen LogP contribution is 2.28. The van der Waals surface area contributed by atoms with Crippen molar-refractivity contribution < 1.29 is 0 Å². The van der Waals surface area contributed by atoms with Crippen LogP contribution in [0.4, 0.5) is 0 Å². The second-order valence-electron chi connectivity index (χ2n) is 6.03. The third kappa shape index (κ3) is 2.78. The Balaban J connectivity index is 1.90. The first kappa shape index (κ1) is 12.4. The van der Waals surface area contributed by atoms with E-state index in [4.69, 9.17) is 5.73 Å². The monoisotopic (exact) mass is 224 g/mol. The third-order valence-corrected chi connectivity index (χ3v) is 4.79. The average molecular weight is 224 g/mol. The number of likely N-dealkylation sites (tertiary alicyclic amines) is 1. The molecule has 2 nitrogen and oxygen atoms in total. The van der Waals surface area contributed by atoms with E-state index in [-0.39, 0.29) is 0 Å². The molecule has 2 N–H and O–H groups in total. The molecule has 94 valence electrons. The van der Waals surface area contributed by atoms with Crippen LogP contribution in [-0.4, -0.2) is 29.6 Å². The van der Waals surface area contributed by atoms with Gasteiger partial charge >= 0.3 is 0 Å². The molecule has 2 aliphatic rings. The van der Waals surface area contributed by atoms with E-state index < -0.39 is 0 Å². The standard InChI is InChI=1S/C14H28N2/c1-11-6-5-7-12(2)16(11)10-13-8-3-4-9-14(13)15/h11-14H,3-10,15H2,1-2H3/t11-,12+,13?,14?. The van der Waals surface area contributed by atoms with E-state index >= 15 is 0 Å². The zero-order valence-corrected chi connectivity index (χ0v) is 11.0. The summed E-state index contributed by atoms with van der Waals surface area (Å²) in [5.41, 5.74) is 6.26. The molecule has 0 aromatic carbocycles. The summed E-state index contributed by atoms with van der Waals surface area (Å²) in [6.45, 7) is 6.04. The summed E-state index contributed by atoms with van der Waals surface area (Å²) in [7, 11) is 0. The van der Waals surface area contributed by atoms with E-state index in [9.17, 15) is 0 Å². The first-order chi connectivity index (χ1) is 7.68. The van der Waals surface area contributed by atoms with E-state index in [1.54, 1.807) is 0 Å². The third-order valence-electron chi connectivity index (χ3n) is 4.79. The lowest BCUT2D eigenvalue weighted by molar-refractivity contribution is 0.0703. The van der Waals surface area contributed by atoms with Gasteiger partial charge in [-0.2, -0.15) is 0 Å². The highest BCUT2D eigenvalue weighted by Gasteiger charge is 2.30. The fourth-order valence-electron chi connectivity index (χ4n) is 3.57. The molecule has 2 heteroatoms. The second kappa shape index (κ2) is 5.50. The SMILES string of the molecule is C[C@@H]1CCC[C@H](C)N1CC1CCCCC1N. The fraction of sp³-hybridized carbons (Fsp3) is 1.00. The molecule has 1 aliphatic heterocycles. The Kier molecular flexibility index (Phi) is 4.26. The Labute approximate surface area is 101 Å². The Morgan fingerprint density at radius 1 is 0.938 bits per heavy atom. The van der Waals surface area contributed by atoms with Gasteiger partial charge in [0, 0.05) is 24.7 Å². The minimum atomic E-state index is 0.468. The summed E-state index contributed by atoms with van der Waals surface area (Å²) in [6, 6.07) is 2.02. The molecule has 0 aromatic heterocycles. The molecule has 0 radical (unpaired) electrons. The molecule has 0 spiro atoms. The number of nitrogens with zero attached hydrogens (tertiary/aromatic N) is 1. The van der Waals surface area contributed by atoms with Crippen LogP contribution in [0.1, 0.15) is 58.8 Å². The van der Waals surface area contributed by atoms with Crippen molar-refractivity contribution in [3.8, 4) is 0 Å². The highest BCUT2D eigenvalue weighted by atomic mass is 15.2. The molecule has 16 heavy (non-hydrogen) atoms. The van der Waals surface area contributed by atoms with Crippen LogP contribution < -0.4 is 5.73 Å². The fourth-order valence-corrected chi connectivity index (χ4v) is 3.57. The lowest BCUT2D eigenvalue weighted by atomic mass is 9.83. The highest BCUT2D eigenvalue weighted by molar-refractivity contribution is 4.86. The van der Waals surface area contributed by atoms with Crippen molar-refractivity contribution in [1.82, 2.24) is 4.90 Å². The molecule has 1 saturated heterocycles. The van der Waals surface area contributed by atoms with Gasteiger partial charge in [-0.15, -0.1) is 0 Å². The van der Waals surface area contributed by atoms with Crippen molar-refractivity contribution in [2.24, 2.45) is 11.7 Å². The predicted molar refractivity (Wildman–Crippen MR) is 69.4 cm³/mol. The Bertz CT molecular complexity index is 207. The summed E-state index contributed by atoms with van der Waals surface area (Å²) in [5, 5.41) is 0. The maximum Gasteiger partial charge on any atom is 0.00793 e. The first-order valence-corrected chi connectivity index (χ1v) is 7.20. The van der Waals surface area contributed by atoms with Gasteiger partial charge in [0.25, 0.3) is 0 Å². The van der Waals surface area contributed by atoms with Crippen molar-refractivity contribution in [2.75, 3.05) is 6.54 Å². The largest absolute Gasteiger partial charge is 0.327 e. The van der Waals surface area contributed by atoms with Crippen LogP contribution in [0.25, 0.3) is 0 Å². The van der Waals surface area contributed by atoms with E-state index in [1.165, 1.54) is 51.5 Å². The van der Waals surface area contributed by atoms with Crippen molar-refractivity contribution in [1.29, 1.82) is 0 Å². The lowest BCUT2D eigenvalue weighted by Crippen LogP contribution is -2.49. The van der Waals surface area contributed by atoms with Crippen molar-refractivity contribution >= 4 is 0 Å². The Hall–Kier alpha value is -0.0800. The molecule has 1 saturated carbocycles. The van der Waals surface area contributed by atoms with Gasteiger partial charge in [-0.3, -0.25) is 4.90 Å². The number of rotatable bonds is 2. The summed E-state index contributed by atoms with van der Waals surface area (Å²) in [6.07, 6.45) is 9.53. The van der Waals surface area contributed by atoms with Gasteiger partial charge in [-0.1, -0.05) is 19.3 Å². The van der Waals surface area contributed by atoms with Gasteiger partial charge in [0.15, 0.2) is 0 Å². The van der Waals surface area contributed by atoms with Crippen LogP contribution in [0.2, 0.25) is 0 Å². The summed E-state index contributed by atoms with van der Waals surface area (Å²) in [5.74, 6) is 0.761. The summed E-state index contributed by atoms with van der Waals surface area (Å²) >= 11 is 0. The lowest BCUT2D eigenvalue weighted by Gasteiger charge is -2.43. The quantitative estimate of drug-likeness (QED) is 0.781. The van der Waals surface area contributed by atoms with Crippen molar-refractivity contribution in [3.05, 3.63) is 0 Å². The van der Waals surface area contributed by atoms with Gasteiger partial charge in [0.05, 0.1) is 0 Å². The van der Waals surface area contributed by atoms with E-state index in [0.717, 1.165) is 18.0 Å². The number of piperidine rings is 1. The molecular formula is C14H28N2. The molecule has 2 rings (SSSR count). The van der Waals surface area contributed by atoms with E-state index in [2.05, 4.69) is 18.7 Å². The number of hydrogen-bond acceptors (Lipinski definition) is 2. The molecule has 0 bridgehead atoms. The summed E-state index contributed by atoms with van der Waals surface area (Å²) in [4.78, 5) is 2.72. The normalized spacial score (nSPS) is 42.2. The summed E-state index contributed by atoms with van der Waals surface area (Å²) < 4.78 is 0. The average Bonchev–Trinajstić information content (AvgIpc) is 2.26. The van der Waals surface area contributed by atoms with Crippen LogP contribution >= 0.6 is 0 Å². The van der Waals surface area contributed by atoms with E-state index in [0.29, 0.717) is 6.04 Å². The molecule has 1 aliphatic carbocycles.